The van der Waals surface area contributed by atoms with Crippen LogP contribution in [0.15, 0.2) is 65.3 Å². The molecule has 1 aliphatic heterocycles. The number of benzene rings is 2. The van der Waals surface area contributed by atoms with Gasteiger partial charge in [-0.1, -0.05) is 30.0 Å². The van der Waals surface area contributed by atoms with Gasteiger partial charge in [0.1, 0.15) is 17.2 Å². The monoisotopic (exact) mass is 533 g/mol. The van der Waals surface area contributed by atoms with Crippen LogP contribution in [0, 0.1) is 13.8 Å². The average molecular weight is 534 g/mol. The first kappa shape index (κ1) is 27.2. The smallest absolute Gasteiger partial charge is 0.283 e. The normalized spacial score (nSPS) is 14.2. The summed E-state index contributed by atoms with van der Waals surface area (Å²) >= 11 is 1.24. The molecule has 0 N–H and O–H groups in total. The molecule has 2 aromatic carbocycles. The second-order valence-electron chi connectivity index (χ2n) is 8.68. The van der Waals surface area contributed by atoms with Gasteiger partial charge in [-0.05, 0) is 55.8 Å². The van der Waals surface area contributed by atoms with E-state index in [9.17, 15) is 9.59 Å². The van der Waals surface area contributed by atoms with Crippen LogP contribution >= 0.6 is 11.8 Å². The van der Waals surface area contributed by atoms with Gasteiger partial charge in [0.15, 0.2) is 11.0 Å². The third-order valence-corrected chi connectivity index (χ3v) is 7.22. The molecule has 9 heteroatoms. The highest BCUT2D eigenvalue weighted by Gasteiger charge is 2.33. The number of aliphatic imine (C=N–C) groups is 1. The van der Waals surface area contributed by atoms with Crippen LogP contribution in [-0.4, -0.2) is 55.1 Å². The molecule has 1 amide bonds. The fourth-order valence-corrected chi connectivity index (χ4v) is 5.14. The maximum Gasteiger partial charge on any atom is 0.283 e. The number of hydrogen-bond acceptors (Lipinski definition) is 7. The summed E-state index contributed by atoms with van der Waals surface area (Å²) in [4.78, 5) is 32.9. The number of carbonyl (C=O) groups is 2. The van der Waals surface area contributed by atoms with Crippen molar-refractivity contribution in [2.45, 2.75) is 20.4 Å². The summed E-state index contributed by atoms with van der Waals surface area (Å²) < 4.78 is 17.9. The Balaban J connectivity index is 1.62. The first-order valence-corrected chi connectivity index (χ1v) is 13.1. The van der Waals surface area contributed by atoms with Crippen molar-refractivity contribution in [3.05, 3.63) is 82.8 Å². The van der Waals surface area contributed by atoms with Gasteiger partial charge in [-0.15, -0.1) is 0 Å². The Morgan fingerprint density at radius 2 is 1.74 bits per heavy atom. The number of ether oxygens (including phenoxy) is 3. The summed E-state index contributed by atoms with van der Waals surface area (Å²) in [5, 5.41) is 0.435. The van der Waals surface area contributed by atoms with Crippen molar-refractivity contribution in [2.75, 3.05) is 38.6 Å². The zero-order chi connectivity index (χ0) is 27.2. The standard InChI is InChI=1S/C29H31N3O5S/c1-19-15-25(20(2)31(19)13-14-35-3)27(33)18-38-29-30-26(16-21-9-11-23(36-4)12-10-21)28(34)32(29)22-7-6-8-24(17-22)37-5/h6-12,15-17H,13-14,18H2,1-5H3/b26-16-. The Kier molecular flexibility index (Phi) is 8.70. The van der Waals surface area contributed by atoms with E-state index in [0.717, 1.165) is 22.7 Å². The van der Waals surface area contributed by atoms with Gasteiger partial charge < -0.3 is 18.8 Å². The number of hydrogen-bond donors (Lipinski definition) is 0. The number of thioether (sulfide) groups is 1. The first-order valence-electron chi connectivity index (χ1n) is 12.1. The van der Waals surface area contributed by atoms with E-state index in [1.807, 2.05) is 62.4 Å². The molecule has 0 unspecified atom stereocenters. The van der Waals surface area contributed by atoms with E-state index in [1.54, 1.807) is 33.5 Å². The summed E-state index contributed by atoms with van der Waals surface area (Å²) in [6.07, 6.45) is 1.73. The number of rotatable bonds is 10. The number of anilines is 1. The van der Waals surface area contributed by atoms with Gasteiger partial charge in [-0.2, -0.15) is 0 Å². The number of aromatic nitrogens is 1. The number of Topliss-reactive ketones (excluding diaryl/α,β-unsaturated/α-hetero) is 1. The van der Waals surface area contributed by atoms with E-state index in [0.29, 0.717) is 35.3 Å². The zero-order valence-corrected chi connectivity index (χ0v) is 23.0. The lowest BCUT2D eigenvalue weighted by Gasteiger charge is -2.18. The van der Waals surface area contributed by atoms with Crippen molar-refractivity contribution in [3.63, 3.8) is 0 Å². The lowest BCUT2D eigenvalue weighted by Crippen LogP contribution is -2.30. The van der Waals surface area contributed by atoms with Crippen LogP contribution in [0.4, 0.5) is 5.69 Å². The predicted molar refractivity (Wildman–Crippen MR) is 151 cm³/mol. The van der Waals surface area contributed by atoms with Crippen LogP contribution in [0.1, 0.15) is 27.3 Å². The summed E-state index contributed by atoms with van der Waals surface area (Å²) in [5.41, 5.74) is 4.28. The number of methoxy groups -OCH3 is 3. The van der Waals surface area contributed by atoms with Gasteiger partial charge in [-0.25, -0.2) is 4.99 Å². The van der Waals surface area contributed by atoms with E-state index in [1.165, 1.54) is 16.7 Å². The highest BCUT2D eigenvalue weighted by Crippen LogP contribution is 2.32. The fourth-order valence-electron chi connectivity index (χ4n) is 4.25. The fraction of sp³-hybridized carbons (Fsp3) is 0.276. The molecule has 0 saturated carbocycles. The van der Waals surface area contributed by atoms with E-state index < -0.39 is 0 Å². The third kappa shape index (κ3) is 5.84. The van der Waals surface area contributed by atoms with Gasteiger partial charge in [-0.3, -0.25) is 14.5 Å². The molecule has 3 aromatic rings. The molecule has 0 atom stereocenters. The van der Waals surface area contributed by atoms with E-state index >= 15 is 0 Å². The second kappa shape index (κ2) is 12.1. The molecule has 198 valence electrons. The predicted octanol–water partition coefficient (Wildman–Crippen LogP) is 5.13. The van der Waals surface area contributed by atoms with Gasteiger partial charge in [0.2, 0.25) is 0 Å². The highest BCUT2D eigenvalue weighted by atomic mass is 32.2. The molecule has 4 rings (SSSR count). The number of nitrogens with zero attached hydrogens (tertiary/aromatic N) is 3. The van der Waals surface area contributed by atoms with Crippen molar-refractivity contribution >= 4 is 40.4 Å². The number of carbonyl (C=O) groups excluding carboxylic acids is 2. The molecular weight excluding hydrogens is 502 g/mol. The van der Waals surface area contributed by atoms with Gasteiger partial charge in [0.25, 0.3) is 5.91 Å². The Bertz CT molecular complexity index is 1390. The van der Waals surface area contributed by atoms with Crippen molar-refractivity contribution in [1.29, 1.82) is 0 Å². The molecule has 1 aliphatic rings. The molecule has 0 aliphatic carbocycles. The molecule has 1 aromatic heterocycles. The highest BCUT2D eigenvalue weighted by molar-refractivity contribution is 8.14. The Morgan fingerprint density at radius 3 is 2.42 bits per heavy atom. The molecule has 0 radical (unpaired) electrons. The van der Waals surface area contributed by atoms with E-state index in [-0.39, 0.29) is 23.1 Å². The zero-order valence-electron chi connectivity index (χ0n) is 22.2. The van der Waals surface area contributed by atoms with Crippen molar-refractivity contribution < 1.29 is 23.8 Å². The quantitative estimate of drug-likeness (QED) is 0.266. The van der Waals surface area contributed by atoms with Crippen LogP contribution in [-0.2, 0) is 16.1 Å². The number of aryl methyl sites for hydroxylation is 1. The largest absolute Gasteiger partial charge is 0.497 e. The Morgan fingerprint density at radius 1 is 1.00 bits per heavy atom. The molecule has 0 spiro atoms. The number of ketones is 1. The SMILES string of the molecule is COCCn1c(C)cc(C(=O)CSC2=N/C(=C\c3ccc(OC)cc3)C(=O)N2c2cccc(OC)c2)c1C. The third-order valence-electron chi connectivity index (χ3n) is 6.29. The maximum atomic E-state index is 13.5. The van der Waals surface area contributed by atoms with Gasteiger partial charge >= 0.3 is 0 Å². The van der Waals surface area contributed by atoms with Crippen LogP contribution in [0.5, 0.6) is 11.5 Å². The summed E-state index contributed by atoms with van der Waals surface area (Å²) in [6, 6.07) is 16.5. The molecule has 2 heterocycles. The summed E-state index contributed by atoms with van der Waals surface area (Å²) in [7, 11) is 4.84. The minimum atomic E-state index is -0.276. The van der Waals surface area contributed by atoms with E-state index in [2.05, 4.69) is 9.56 Å². The first-order chi connectivity index (χ1) is 18.4. The molecule has 0 fully saturated rings. The lowest BCUT2D eigenvalue weighted by atomic mass is 10.2. The number of amides is 1. The average Bonchev–Trinajstić information content (AvgIpc) is 3.40. The van der Waals surface area contributed by atoms with Crippen LogP contribution in [0.25, 0.3) is 6.08 Å². The Hall–Kier alpha value is -3.82. The maximum absolute atomic E-state index is 13.5. The lowest BCUT2D eigenvalue weighted by molar-refractivity contribution is -0.113. The molecular formula is C29H31N3O5S. The molecule has 0 bridgehead atoms. The van der Waals surface area contributed by atoms with Crippen LogP contribution in [0.3, 0.4) is 0 Å². The second-order valence-corrected chi connectivity index (χ2v) is 9.62. The number of amidine groups is 1. The van der Waals surface area contributed by atoms with Crippen LogP contribution < -0.4 is 14.4 Å². The minimum absolute atomic E-state index is 0.0277. The van der Waals surface area contributed by atoms with Crippen LogP contribution in [0.2, 0.25) is 0 Å². The van der Waals surface area contributed by atoms with Gasteiger partial charge in [0, 0.05) is 36.7 Å². The molecule has 8 nitrogen and oxygen atoms in total. The van der Waals surface area contributed by atoms with Crippen molar-refractivity contribution in [2.24, 2.45) is 4.99 Å². The molecule has 38 heavy (non-hydrogen) atoms. The topological polar surface area (TPSA) is 82.4 Å². The summed E-state index contributed by atoms with van der Waals surface area (Å²) in [6.45, 7) is 5.16. The van der Waals surface area contributed by atoms with Gasteiger partial charge in [0.05, 0.1) is 32.3 Å². The molecule has 0 saturated heterocycles. The minimum Gasteiger partial charge on any atom is -0.497 e. The Labute approximate surface area is 226 Å². The van der Waals surface area contributed by atoms with Crippen molar-refractivity contribution in [1.82, 2.24) is 4.57 Å². The summed E-state index contributed by atoms with van der Waals surface area (Å²) in [5.74, 6) is 1.17. The van der Waals surface area contributed by atoms with E-state index in [4.69, 9.17) is 14.2 Å². The van der Waals surface area contributed by atoms with Crippen molar-refractivity contribution in [3.8, 4) is 11.5 Å².